The SMILES string of the molecule is COC(=O)[C@H](Cc1ccccc1)NC(=O)c1c(C)[nH]c2c(OCCN3CCOCC3)ccc(OC)c12. The minimum atomic E-state index is -0.840. The van der Waals surface area contributed by atoms with Crippen LogP contribution < -0.4 is 14.8 Å². The summed E-state index contributed by atoms with van der Waals surface area (Å²) in [6, 6.07) is 12.3. The summed E-state index contributed by atoms with van der Waals surface area (Å²) in [5, 5.41) is 3.47. The molecule has 1 aliphatic heterocycles. The molecule has 1 amide bonds. The fourth-order valence-corrected chi connectivity index (χ4v) is 4.47. The van der Waals surface area contributed by atoms with Gasteiger partial charge in [-0.25, -0.2) is 4.79 Å². The van der Waals surface area contributed by atoms with Crippen molar-refractivity contribution in [2.45, 2.75) is 19.4 Å². The predicted octanol–water partition coefficient (Wildman–Crippen LogP) is 2.71. The predicted molar refractivity (Wildman–Crippen MR) is 136 cm³/mol. The number of rotatable bonds is 10. The van der Waals surface area contributed by atoms with E-state index >= 15 is 0 Å². The van der Waals surface area contributed by atoms with Crippen molar-refractivity contribution in [2.24, 2.45) is 0 Å². The Morgan fingerprint density at radius 3 is 2.50 bits per heavy atom. The summed E-state index contributed by atoms with van der Waals surface area (Å²) >= 11 is 0. The van der Waals surface area contributed by atoms with Gasteiger partial charge < -0.3 is 29.2 Å². The number of hydrogen-bond acceptors (Lipinski definition) is 7. The Morgan fingerprint density at radius 1 is 1.08 bits per heavy atom. The lowest BCUT2D eigenvalue weighted by molar-refractivity contribution is -0.142. The van der Waals surface area contributed by atoms with Crippen molar-refractivity contribution in [1.29, 1.82) is 0 Å². The minimum Gasteiger partial charge on any atom is -0.496 e. The van der Waals surface area contributed by atoms with Crippen LogP contribution in [-0.2, 0) is 20.7 Å². The van der Waals surface area contributed by atoms with Crippen LogP contribution in [0.1, 0.15) is 21.6 Å². The third-order valence-corrected chi connectivity index (χ3v) is 6.36. The first-order valence-corrected chi connectivity index (χ1v) is 12.1. The van der Waals surface area contributed by atoms with Gasteiger partial charge in [-0.05, 0) is 24.6 Å². The third-order valence-electron chi connectivity index (χ3n) is 6.36. The largest absolute Gasteiger partial charge is 0.496 e. The molecule has 3 aromatic rings. The van der Waals surface area contributed by atoms with Crippen LogP contribution in [0.3, 0.4) is 0 Å². The lowest BCUT2D eigenvalue weighted by Crippen LogP contribution is -2.43. The maximum atomic E-state index is 13.5. The summed E-state index contributed by atoms with van der Waals surface area (Å²) in [6.45, 7) is 6.34. The Balaban J connectivity index is 1.57. The molecule has 0 radical (unpaired) electrons. The highest BCUT2D eigenvalue weighted by atomic mass is 16.5. The molecular formula is C27H33N3O6. The fraction of sp³-hybridized carbons (Fsp3) is 0.407. The van der Waals surface area contributed by atoms with Crippen molar-refractivity contribution in [3.05, 3.63) is 59.3 Å². The molecular weight excluding hydrogens is 462 g/mol. The maximum Gasteiger partial charge on any atom is 0.328 e. The Kier molecular flexibility index (Phi) is 8.45. The summed E-state index contributed by atoms with van der Waals surface area (Å²) < 4.78 is 22.1. The number of aryl methyl sites for hydroxylation is 1. The minimum absolute atomic E-state index is 0.313. The molecule has 0 aliphatic carbocycles. The van der Waals surface area contributed by atoms with E-state index in [1.54, 1.807) is 13.2 Å². The van der Waals surface area contributed by atoms with Gasteiger partial charge in [0.15, 0.2) is 0 Å². The Hall–Kier alpha value is -3.56. The lowest BCUT2D eigenvalue weighted by Gasteiger charge is -2.26. The summed E-state index contributed by atoms with van der Waals surface area (Å²) in [4.78, 5) is 31.6. The monoisotopic (exact) mass is 495 g/mol. The van der Waals surface area contributed by atoms with E-state index in [4.69, 9.17) is 18.9 Å². The molecule has 1 aliphatic rings. The van der Waals surface area contributed by atoms with E-state index in [9.17, 15) is 9.59 Å². The molecule has 36 heavy (non-hydrogen) atoms. The number of carbonyl (C=O) groups excluding carboxylic acids is 2. The average Bonchev–Trinajstić information content (AvgIpc) is 3.26. The Morgan fingerprint density at radius 2 is 1.81 bits per heavy atom. The van der Waals surface area contributed by atoms with Crippen molar-refractivity contribution in [1.82, 2.24) is 15.2 Å². The number of amides is 1. The van der Waals surface area contributed by atoms with Crippen LogP contribution in [0.25, 0.3) is 10.9 Å². The normalized spacial score (nSPS) is 14.9. The number of methoxy groups -OCH3 is 2. The second-order valence-corrected chi connectivity index (χ2v) is 8.68. The number of hydrogen-bond donors (Lipinski definition) is 2. The zero-order chi connectivity index (χ0) is 25.5. The number of fused-ring (bicyclic) bond motifs is 1. The molecule has 1 saturated heterocycles. The number of aromatic amines is 1. The molecule has 192 valence electrons. The van der Waals surface area contributed by atoms with E-state index in [0.717, 1.165) is 38.4 Å². The van der Waals surface area contributed by atoms with Crippen molar-refractivity contribution in [3.8, 4) is 11.5 Å². The van der Waals surface area contributed by atoms with Gasteiger partial charge in [0.05, 0.1) is 43.9 Å². The number of benzene rings is 2. The number of ether oxygens (including phenoxy) is 4. The highest BCUT2D eigenvalue weighted by molar-refractivity contribution is 6.12. The zero-order valence-corrected chi connectivity index (χ0v) is 21.0. The fourth-order valence-electron chi connectivity index (χ4n) is 4.47. The first-order chi connectivity index (χ1) is 17.5. The smallest absolute Gasteiger partial charge is 0.328 e. The average molecular weight is 496 g/mol. The molecule has 0 bridgehead atoms. The van der Waals surface area contributed by atoms with Crippen molar-refractivity contribution >= 4 is 22.8 Å². The topological polar surface area (TPSA) is 102 Å². The van der Waals surface area contributed by atoms with Gasteiger partial charge in [0.2, 0.25) is 0 Å². The quantitative estimate of drug-likeness (QED) is 0.417. The molecule has 9 heteroatoms. The van der Waals surface area contributed by atoms with Crippen LogP contribution in [-0.4, -0.2) is 81.5 Å². The van der Waals surface area contributed by atoms with Crippen LogP contribution >= 0.6 is 0 Å². The van der Waals surface area contributed by atoms with Gasteiger partial charge in [0, 0.05) is 31.7 Å². The van der Waals surface area contributed by atoms with Gasteiger partial charge in [-0.15, -0.1) is 0 Å². The van der Waals surface area contributed by atoms with E-state index in [-0.39, 0.29) is 0 Å². The van der Waals surface area contributed by atoms with Gasteiger partial charge >= 0.3 is 5.97 Å². The van der Waals surface area contributed by atoms with Crippen LogP contribution in [0.5, 0.6) is 11.5 Å². The second kappa shape index (κ2) is 11.9. The lowest BCUT2D eigenvalue weighted by atomic mass is 10.0. The number of H-pyrrole nitrogens is 1. The molecule has 1 fully saturated rings. The highest BCUT2D eigenvalue weighted by Gasteiger charge is 2.27. The Labute approximate surface area is 210 Å². The molecule has 9 nitrogen and oxygen atoms in total. The summed E-state index contributed by atoms with van der Waals surface area (Å²) in [7, 11) is 2.87. The highest BCUT2D eigenvalue weighted by Crippen LogP contribution is 2.37. The van der Waals surface area contributed by atoms with Crippen LogP contribution in [0.4, 0.5) is 0 Å². The first-order valence-electron chi connectivity index (χ1n) is 12.1. The molecule has 0 saturated carbocycles. The molecule has 2 heterocycles. The molecule has 4 rings (SSSR count). The molecule has 1 atom stereocenters. The molecule has 2 aromatic carbocycles. The summed E-state index contributed by atoms with van der Waals surface area (Å²) in [6.07, 6.45) is 0.313. The van der Waals surface area contributed by atoms with E-state index in [0.29, 0.717) is 46.7 Å². The van der Waals surface area contributed by atoms with Gasteiger partial charge in [-0.1, -0.05) is 30.3 Å². The van der Waals surface area contributed by atoms with Crippen LogP contribution in [0.2, 0.25) is 0 Å². The van der Waals surface area contributed by atoms with Gasteiger partial charge in [-0.2, -0.15) is 0 Å². The van der Waals surface area contributed by atoms with Crippen molar-refractivity contribution in [2.75, 3.05) is 53.7 Å². The maximum absolute atomic E-state index is 13.5. The number of esters is 1. The summed E-state index contributed by atoms with van der Waals surface area (Å²) in [5.74, 6) is 0.269. The molecule has 1 aromatic heterocycles. The zero-order valence-electron chi connectivity index (χ0n) is 21.0. The standard InChI is InChI=1S/C27H33N3O6/c1-18-23(26(31)29-20(27(32)34-3)17-19-7-5-4-6-8-19)24-21(33-2)9-10-22(25(24)28-18)36-16-13-30-11-14-35-15-12-30/h4-10,20,28H,11-17H2,1-3H3,(H,29,31)/t20-/m0/s1. The molecule has 0 spiro atoms. The van der Waals surface area contributed by atoms with Crippen LogP contribution in [0, 0.1) is 6.92 Å². The van der Waals surface area contributed by atoms with E-state index < -0.39 is 17.9 Å². The third kappa shape index (κ3) is 5.80. The number of nitrogens with zero attached hydrogens (tertiary/aromatic N) is 1. The molecule has 2 N–H and O–H groups in total. The molecule has 0 unspecified atom stereocenters. The number of aromatic nitrogens is 1. The second-order valence-electron chi connectivity index (χ2n) is 8.68. The van der Waals surface area contributed by atoms with Gasteiger partial charge in [-0.3, -0.25) is 9.69 Å². The van der Waals surface area contributed by atoms with Crippen molar-refractivity contribution in [3.63, 3.8) is 0 Å². The van der Waals surface area contributed by atoms with Gasteiger partial charge in [0.25, 0.3) is 5.91 Å². The number of nitrogens with one attached hydrogen (secondary N) is 2. The number of carbonyl (C=O) groups is 2. The van der Waals surface area contributed by atoms with Crippen molar-refractivity contribution < 1.29 is 28.5 Å². The van der Waals surface area contributed by atoms with Gasteiger partial charge in [0.1, 0.15) is 24.1 Å². The Bertz CT molecular complexity index is 1190. The first kappa shape index (κ1) is 25.5. The van der Waals surface area contributed by atoms with E-state index in [1.165, 1.54) is 7.11 Å². The summed E-state index contributed by atoms with van der Waals surface area (Å²) in [5.41, 5.74) is 2.64. The van der Waals surface area contributed by atoms with E-state index in [2.05, 4.69) is 15.2 Å². The van der Waals surface area contributed by atoms with E-state index in [1.807, 2.05) is 43.3 Å². The number of morpholine rings is 1. The van der Waals surface area contributed by atoms with Crippen LogP contribution in [0.15, 0.2) is 42.5 Å².